The van der Waals surface area contributed by atoms with Crippen molar-refractivity contribution in [3.63, 3.8) is 0 Å². The first kappa shape index (κ1) is 22.1. The van der Waals surface area contributed by atoms with Crippen LogP contribution in [0.5, 0.6) is 0 Å². The summed E-state index contributed by atoms with van der Waals surface area (Å²) in [6.07, 6.45) is 1.17. The van der Waals surface area contributed by atoms with Gasteiger partial charge in [0, 0.05) is 34.7 Å². The van der Waals surface area contributed by atoms with Crippen LogP contribution in [0.25, 0.3) is 10.4 Å². The van der Waals surface area contributed by atoms with E-state index in [0.29, 0.717) is 6.54 Å². The Bertz CT molecular complexity index is 1350. The summed E-state index contributed by atoms with van der Waals surface area (Å²) in [6.45, 7) is 2.52. The fourth-order valence-corrected chi connectivity index (χ4v) is 7.38. The zero-order chi connectivity index (χ0) is 22.4. The quantitative estimate of drug-likeness (QED) is 0.544. The van der Waals surface area contributed by atoms with Crippen molar-refractivity contribution in [3.8, 4) is 10.4 Å². The first-order valence-corrected chi connectivity index (χ1v) is 14.0. The van der Waals surface area contributed by atoms with Gasteiger partial charge in [-0.25, -0.2) is 21.2 Å². The molecule has 0 N–H and O–H groups in total. The average Bonchev–Trinajstić information content (AvgIpc) is 3.14. The lowest BCUT2D eigenvalue weighted by atomic mass is 9.98. The Morgan fingerprint density at radius 1 is 1.06 bits per heavy atom. The van der Waals surface area contributed by atoms with Crippen molar-refractivity contribution in [2.75, 3.05) is 12.8 Å². The van der Waals surface area contributed by atoms with E-state index in [0.717, 1.165) is 20.9 Å². The van der Waals surface area contributed by atoms with E-state index in [1.54, 1.807) is 24.3 Å². The van der Waals surface area contributed by atoms with Crippen LogP contribution in [0.1, 0.15) is 28.8 Å². The van der Waals surface area contributed by atoms with Crippen molar-refractivity contribution in [2.24, 2.45) is 0 Å². The maximum absolute atomic E-state index is 14.0. The van der Waals surface area contributed by atoms with Gasteiger partial charge in [-0.2, -0.15) is 4.31 Å². The van der Waals surface area contributed by atoms with E-state index in [9.17, 15) is 21.2 Å². The van der Waals surface area contributed by atoms with Crippen molar-refractivity contribution in [3.05, 3.63) is 76.4 Å². The molecule has 1 aliphatic rings. The Balaban J connectivity index is 1.63. The Labute approximate surface area is 186 Å². The molecule has 2 heterocycles. The van der Waals surface area contributed by atoms with Crippen LogP contribution in [0.4, 0.5) is 4.39 Å². The van der Waals surface area contributed by atoms with Crippen LogP contribution in [0.3, 0.4) is 0 Å². The fraction of sp³-hybridized carbons (Fsp3) is 0.273. The number of thiophene rings is 1. The van der Waals surface area contributed by atoms with Gasteiger partial charge in [-0.15, -0.1) is 11.3 Å². The lowest BCUT2D eigenvalue weighted by molar-refractivity contribution is 0.367. The third-order valence-corrected chi connectivity index (χ3v) is 9.44. The van der Waals surface area contributed by atoms with Gasteiger partial charge in [0.2, 0.25) is 10.0 Å². The molecule has 0 radical (unpaired) electrons. The first-order chi connectivity index (χ1) is 14.5. The molecule has 0 spiro atoms. The van der Waals surface area contributed by atoms with Gasteiger partial charge < -0.3 is 0 Å². The van der Waals surface area contributed by atoms with E-state index in [-0.39, 0.29) is 28.7 Å². The van der Waals surface area contributed by atoms with Crippen LogP contribution in [0, 0.1) is 5.82 Å². The number of nitrogens with zero attached hydrogens (tertiary/aromatic N) is 1. The maximum Gasteiger partial charge on any atom is 0.218 e. The minimum atomic E-state index is -3.70. The van der Waals surface area contributed by atoms with Crippen LogP contribution in [-0.2, 0) is 32.2 Å². The molecule has 0 saturated carbocycles. The summed E-state index contributed by atoms with van der Waals surface area (Å²) in [7, 11) is -7.02. The van der Waals surface area contributed by atoms with Gasteiger partial charge in [0.25, 0.3) is 0 Å². The normalized spacial score (nSPS) is 17.5. The number of fused-ring (bicyclic) bond motifs is 1. The lowest BCUT2D eigenvalue weighted by Gasteiger charge is -2.30. The summed E-state index contributed by atoms with van der Waals surface area (Å²) in [6, 6.07) is 14.7. The predicted octanol–water partition coefficient (Wildman–Crippen LogP) is 4.41. The third-order valence-electron chi connectivity index (χ3n) is 5.41. The van der Waals surface area contributed by atoms with Crippen LogP contribution >= 0.6 is 11.3 Å². The molecule has 0 saturated heterocycles. The SMILES string of the molecule is CC1CN(S(=O)(=O)Cc2ccccc2F)Cc2sc(-c3cccc(S(C)(=O)=O)c3)cc21. The summed E-state index contributed by atoms with van der Waals surface area (Å²) >= 11 is 1.47. The minimum Gasteiger partial charge on any atom is -0.224 e. The maximum atomic E-state index is 14.0. The first-order valence-electron chi connectivity index (χ1n) is 9.69. The molecule has 1 unspecified atom stereocenters. The summed E-state index contributed by atoms with van der Waals surface area (Å²) in [5, 5.41) is 0. The largest absolute Gasteiger partial charge is 0.224 e. The molecular formula is C22H22FNO4S3. The fourth-order valence-electron chi connectivity index (χ4n) is 3.75. The second-order valence-electron chi connectivity index (χ2n) is 7.83. The summed E-state index contributed by atoms with van der Waals surface area (Å²) in [4.78, 5) is 2.07. The highest BCUT2D eigenvalue weighted by atomic mass is 32.2. The van der Waals surface area contributed by atoms with Crippen LogP contribution in [0.2, 0.25) is 0 Å². The smallest absolute Gasteiger partial charge is 0.218 e. The molecule has 31 heavy (non-hydrogen) atoms. The third kappa shape index (κ3) is 4.59. The minimum absolute atomic E-state index is 0.0257. The van der Waals surface area contributed by atoms with E-state index < -0.39 is 25.7 Å². The zero-order valence-electron chi connectivity index (χ0n) is 17.1. The molecule has 0 aliphatic carbocycles. The lowest BCUT2D eigenvalue weighted by Crippen LogP contribution is -2.37. The van der Waals surface area contributed by atoms with Gasteiger partial charge in [-0.1, -0.05) is 37.3 Å². The van der Waals surface area contributed by atoms with Crippen molar-refractivity contribution >= 4 is 31.2 Å². The van der Waals surface area contributed by atoms with Crippen LogP contribution in [0.15, 0.2) is 59.5 Å². The number of sulfonamides is 1. The number of rotatable bonds is 5. The number of benzene rings is 2. The number of sulfone groups is 1. The molecule has 3 aromatic rings. The van der Waals surface area contributed by atoms with Crippen LogP contribution in [-0.4, -0.2) is 33.9 Å². The number of hydrogen-bond donors (Lipinski definition) is 0. The van der Waals surface area contributed by atoms with Gasteiger partial charge >= 0.3 is 0 Å². The van der Waals surface area contributed by atoms with E-state index in [1.807, 2.05) is 19.1 Å². The second kappa shape index (κ2) is 8.12. The predicted molar refractivity (Wildman–Crippen MR) is 121 cm³/mol. The number of halogens is 1. The van der Waals surface area contributed by atoms with Crippen molar-refractivity contribution in [1.82, 2.24) is 4.31 Å². The summed E-state index contributed by atoms with van der Waals surface area (Å²) in [5.41, 5.74) is 2.02. The molecule has 4 rings (SSSR count). The van der Waals surface area contributed by atoms with E-state index in [1.165, 1.54) is 40.1 Å². The van der Waals surface area contributed by atoms with Gasteiger partial charge in [-0.3, -0.25) is 0 Å². The Morgan fingerprint density at radius 2 is 1.81 bits per heavy atom. The second-order valence-corrected chi connectivity index (χ2v) is 13.0. The van der Waals surface area contributed by atoms with Crippen molar-refractivity contribution < 1.29 is 21.2 Å². The molecule has 5 nitrogen and oxygen atoms in total. The van der Waals surface area contributed by atoms with E-state index >= 15 is 0 Å². The van der Waals surface area contributed by atoms with Crippen LogP contribution < -0.4 is 0 Å². The molecule has 0 fully saturated rings. The average molecular weight is 480 g/mol. The molecule has 0 bridgehead atoms. The van der Waals surface area contributed by atoms with Crippen molar-refractivity contribution in [2.45, 2.75) is 30.0 Å². The van der Waals surface area contributed by atoms with E-state index in [2.05, 4.69) is 0 Å². The standard InChI is InChI=1S/C22H22FNO4S3/c1-15-12-24(31(27,28)14-17-6-3-4-9-20(17)23)13-22-19(15)11-21(29-22)16-7-5-8-18(10-16)30(2,25)26/h3-11,15H,12-14H2,1-2H3. The van der Waals surface area contributed by atoms with Gasteiger partial charge in [-0.05, 0) is 41.3 Å². The highest BCUT2D eigenvalue weighted by Crippen LogP contribution is 2.40. The monoisotopic (exact) mass is 479 g/mol. The molecule has 0 amide bonds. The molecular weight excluding hydrogens is 457 g/mol. The Morgan fingerprint density at radius 3 is 2.52 bits per heavy atom. The zero-order valence-corrected chi connectivity index (χ0v) is 19.5. The Kier molecular flexibility index (Phi) is 5.80. The molecule has 164 valence electrons. The molecule has 1 atom stereocenters. The highest BCUT2D eigenvalue weighted by molar-refractivity contribution is 7.90. The molecule has 1 aliphatic heterocycles. The number of hydrogen-bond acceptors (Lipinski definition) is 5. The van der Waals surface area contributed by atoms with Gasteiger partial charge in [0.05, 0.1) is 10.6 Å². The molecule has 2 aromatic carbocycles. The highest BCUT2D eigenvalue weighted by Gasteiger charge is 2.32. The van der Waals surface area contributed by atoms with E-state index in [4.69, 9.17) is 0 Å². The molecule has 9 heteroatoms. The Hall–Kier alpha value is -2.07. The topological polar surface area (TPSA) is 71.5 Å². The summed E-state index contributed by atoms with van der Waals surface area (Å²) < 4.78 is 65.2. The van der Waals surface area contributed by atoms with Gasteiger partial charge in [0.15, 0.2) is 9.84 Å². The van der Waals surface area contributed by atoms with Gasteiger partial charge in [0.1, 0.15) is 5.82 Å². The van der Waals surface area contributed by atoms with Crippen molar-refractivity contribution in [1.29, 1.82) is 0 Å². The molecule has 1 aromatic heterocycles. The summed E-state index contributed by atoms with van der Waals surface area (Å²) in [5.74, 6) is -0.931.